The van der Waals surface area contributed by atoms with Gasteiger partial charge < -0.3 is 20.6 Å². The molecule has 1 atom stereocenters. The van der Waals surface area contributed by atoms with Crippen molar-refractivity contribution in [2.45, 2.75) is 38.5 Å². The third-order valence-electron chi connectivity index (χ3n) is 1.99. The molecule has 0 aliphatic heterocycles. The quantitative estimate of drug-likeness (QED) is 0.438. The fourth-order valence-electron chi connectivity index (χ4n) is 0.721. The Kier molecular flexibility index (Phi) is 4.70. The van der Waals surface area contributed by atoms with Crippen molar-refractivity contribution in [1.82, 2.24) is 5.32 Å². The summed E-state index contributed by atoms with van der Waals surface area (Å²) in [6, 6.07) is -0.520. The maximum Gasteiger partial charge on any atom is 0.0741 e. The van der Waals surface area contributed by atoms with E-state index in [-0.39, 0.29) is 25.3 Å². The molecule has 0 spiro atoms. The second-order valence-electron chi connectivity index (χ2n) is 3.60. The van der Waals surface area contributed by atoms with Gasteiger partial charge in [-0.05, 0) is 20.8 Å². The number of rotatable bonds is 5. The monoisotopic (exact) mass is 177 g/mol. The summed E-state index contributed by atoms with van der Waals surface area (Å²) in [7, 11) is 0. The fourth-order valence-corrected chi connectivity index (χ4v) is 0.721. The molecule has 0 bridgehead atoms. The van der Waals surface area contributed by atoms with Crippen molar-refractivity contribution in [1.29, 1.82) is 0 Å². The van der Waals surface area contributed by atoms with Gasteiger partial charge in [-0.25, -0.2) is 0 Å². The Morgan fingerprint density at radius 3 is 1.92 bits per heavy atom. The van der Waals surface area contributed by atoms with Crippen LogP contribution in [0.25, 0.3) is 0 Å². The van der Waals surface area contributed by atoms with E-state index in [9.17, 15) is 5.11 Å². The maximum atomic E-state index is 9.50. The molecule has 0 rings (SSSR count). The highest BCUT2D eigenvalue weighted by Crippen LogP contribution is 2.07. The van der Waals surface area contributed by atoms with Crippen molar-refractivity contribution < 1.29 is 15.3 Å². The molecule has 12 heavy (non-hydrogen) atoms. The minimum Gasteiger partial charge on any atom is -0.395 e. The molecule has 1 unspecified atom stereocenters. The Morgan fingerprint density at radius 2 is 1.67 bits per heavy atom. The van der Waals surface area contributed by atoms with E-state index in [1.165, 1.54) is 0 Å². The Hall–Kier alpha value is -0.160. The standard InChI is InChI=1S/C8H19NO3/c1-6(8(2,3)12)9-7(4-10)5-11/h6-7,9-12H,4-5H2,1-3H3. The molecular weight excluding hydrogens is 158 g/mol. The molecule has 4 heteroatoms. The average molecular weight is 177 g/mol. The molecule has 0 amide bonds. The minimum atomic E-state index is -0.845. The van der Waals surface area contributed by atoms with E-state index in [2.05, 4.69) is 5.32 Å². The molecule has 74 valence electrons. The van der Waals surface area contributed by atoms with Gasteiger partial charge in [-0.3, -0.25) is 0 Å². The topological polar surface area (TPSA) is 72.7 Å². The largest absolute Gasteiger partial charge is 0.395 e. The second-order valence-corrected chi connectivity index (χ2v) is 3.60. The summed E-state index contributed by atoms with van der Waals surface area (Å²) in [6.45, 7) is 4.90. The number of hydrogen-bond donors (Lipinski definition) is 4. The van der Waals surface area contributed by atoms with Crippen molar-refractivity contribution in [3.05, 3.63) is 0 Å². The van der Waals surface area contributed by atoms with Crippen LogP contribution in [0.5, 0.6) is 0 Å². The first-order valence-electron chi connectivity index (χ1n) is 4.12. The first-order valence-corrected chi connectivity index (χ1v) is 4.12. The van der Waals surface area contributed by atoms with Crippen LogP contribution >= 0.6 is 0 Å². The Labute approximate surface area is 73.2 Å². The van der Waals surface area contributed by atoms with Gasteiger partial charge in [0.25, 0.3) is 0 Å². The molecule has 0 aliphatic carbocycles. The summed E-state index contributed by atoms with van der Waals surface area (Å²) in [6.07, 6.45) is 0. The van der Waals surface area contributed by atoms with Gasteiger partial charge in [-0.1, -0.05) is 0 Å². The van der Waals surface area contributed by atoms with Crippen LogP contribution in [-0.4, -0.2) is 46.2 Å². The van der Waals surface area contributed by atoms with Crippen LogP contribution in [0.2, 0.25) is 0 Å². The molecule has 0 radical (unpaired) electrons. The van der Waals surface area contributed by atoms with E-state index in [1.54, 1.807) is 20.8 Å². The number of hydrogen-bond acceptors (Lipinski definition) is 4. The minimum absolute atomic E-state index is 0.128. The zero-order chi connectivity index (χ0) is 9.78. The molecule has 4 nitrogen and oxygen atoms in total. The van der Waals surface area contributed by atoms with E-state index < -0.39 is 5.60 Å². The lowest BCUT2D eigenvalue weighted by atomic mass is 10.00. The van der Waals surface area contributed by atoms with Crippen LogP contribution < -0.4 is 5.32 Å². The molecule has 0 heterocycles. The van der Waals surface area contributed by atoms with E-state index in [1.807, 2.05) is 0 Å². The van der Waals surface area contributed by atoms with Gasteiger partial charge in [0.1, 0.15) is 0 Å². The van der Waals surface area contributed by atoms with Crippen molar-refractivity contribution in [2.24, 2.45) is 0 Å². The van der Waals surface area contributed by atoms with Gasteiger partial charge >= 0.3 is 0 Å². The highest BCUT2D eigenvalue weighted by atomic mass is 16.3. The first-order chi connectivity index (χ1) is 5.41. The van der Waals surface area contributed by atoms with Crippen LogP contribution in [0.3, 0.4) is 0 Å². The third-order valence-corrected chi connectivity index (χ3v) is 1.99. The Balaban J connectivity index is 3.90. The Bertz CT molecular complexity index is 118. The zero-order valence-electron chi connectivity index (χ0n) is 7.91. The second kappa shape index (κ2) is 4.77. The summed E-state index contributed by atoms with van der Waals surface area (Å²) in [5.41, 5.74) is -0.845. The molecule has 0 aliphatic rings. The third kappa shape index (κ3) is 4.01. The fraction of sp³-hybridized carbons (Fsp3) is 1.00. The molecular formula is C8H19NO3. The van der Waals surface area contributed by atoms with Gasteiger partial charge in [0, 0.05) is 6.04 Å². The summed E-state index contributed by atoms with van der Waals surface area (Å²) in [4.78, 5) is 0. The summed E-state index contributed by atoms with van der Waals surface area (Å²) >= 11 is 0. The predicted octanol–water partition coefficient (Wildman–Crippen LogP) is -0.911. The van der Waals surface area contributed by atoms with Crippen molar-refractivity contribution >= 4 is 0 Å². The summed E-state index contributed by atoms with van der Waals surface area (Å²) in [5.74, 6) is 0. The number of nitrogens with one attached hydrogen (secondary N) is 1. The molecule has 4 N–H and O–H groups in total. The first kappa shape index (κ1) is 11.8. The number of aliphatic hydroxyl groups excluding tert-OH is 2. The normalized spacial score (nSPS) is 15.2. The molecule has 0 aromatic rings. The zero-order valence-corrected chi connectivity index (χ0v) is 7.91. The summed E-state index contributed by atoms with van der Waals surface area (Å²) < 4.78 is 0. The number of aliphatic hydroxyl groups is 3. The predicted molar refractivity (Wildman–Crippen MR) is 46.9 cm³/mol. The molecule has 0 saturated carbocycles. The SMILES string of the molecule is CC(NC(CO)CO)C(C)(C)O. The lowest BCUT2D eigenvalue weighted by Crippen LogP contribution is -2.51. The average Bonchev–Trinajstić information content (AvgIpc) is 1.97. The molecule has 0 fully saturated rings. The lowest BCUT2D eigenvalue weighted by Gasteiger charge is -2.29. The van der Waals surface area contributed by atoms with E-state index in [0.29, 0.717) is 0 Å². The smallest absolute Gasteiger partial charge is 0.0741 e. The van der Waals surface area contributed by atoms with Crippen molar-refractivity contribution in [2.75, 3.05) is 13.2 Å². The maximum absolute atomic E-state index is 9.50. The van der Waals surface area contributed by atoms with Crippen LogP contribution in [0, 0.1) is 0 Å². The van der Waals surface area contributed by atoms with Gasteiger partial charge in [0.15, 0.2) is 0 Å². The van der Waals surface area contributed by atoms with E-state index in [4.69, 9.17) is 10.2 Å². The van der Waals surface area contributed by atoms with Crippen molar-refractivity contribution in [3.8, 4) is 0 Å². The Morgan fingerprint density at radius 1 is 1.25 bits per heavy atom. The van der Waals surface area contributed by atoms with Gasteiger partial charge in [-0.15, -0.1) is 0 Å². The van der Waals surface area contributed by atoms with Crippen LogP contribution in [0.1, 0.15) is 20.8 Å². The van der Waals surface area contributed by atoms with Gasteiger partial charge in [-0.2, -0.15) is 0 Å². The van der Waals surface area contributed by atoms with E-state index >= 15 is 0 Å². The van der Waals surface area contributed by atoms with Gasteiger partial charge in [0.05, 0.1) is 24.9 Å². The summed E-state index contributed by atoms with van der Waals surface area (Å²) in [5, 5.41) is 29.9. The molecule has 0 aromatic heterocycles. The van der Waals surface area contributed by atoms with Crippen LogP contribution in [0.4, 0.5) is 0 Å². The van der Waals surface area contributed by atoms with Crippen LogP contribution in [-0.2, 0) is 0 Å². The van der Waals surface area contributed by atoms with Gasteiger partial charge in [0.2, 0.25) is 0 Å². The highest BCUT2D eigenvalue weighted by molar-refractivity contribution is 4.82. The van der Waals surface area contributed by atoms with E-state index in [0.717, 1.165) is 0 Å². The lowest BCUT2D eigenvalue weighted by molar-refractivity contribution is 0.0311. The van der Waals surface area contributed by atoms with Crippen molar-refractivity contribution in [3.63, 3.8) is 0 Å². The molecule has 0 saturated heterocycles. The molecule has 0 aromatic carbocycles. The van der Waals surface area contributed by atoms with Crippen LogP contribution in [0.15, 0.2) is 0 Å². The highest BCUT2D eigenvalue weighted by Gasteiger charge is 2.23.